The highest BCUT2D eigenvalue weighted by atomic mass is 16.6. The Morgan fingerprint density at radius 3 is 2.62 bits per heavy atom. The van der Waals surface area contributed by atoms with Crippen LogP contribution in [0.15, 0.2) is 71.5 Å². The molecule has 0 bridgehead atoms. The van der Waals surface area contributed by atoms with Crippen molar-refractivity contribution < 1.29 is 38.4 Å². The van der Waals surface area contributed by atoms with Crippen LogP contribution in [0.2, 0.25) is 0 Å². The fraction of sp³-hybridized carbons (Fsp3) is 0.378. The Balaban J connectivity index is 0.987. The molecule has 4 aromatic rings. The molecule has 15 heteroatoms. The van der Waals surface area contributed by atoms with Gasteiger partial charge in [0.05, 0.1) is 31.8 Å². The van der Waals surface area contributed by atoms with Crippen LogP contribution < -0.4 is 34.9 Å². The third kappa shape index (κ3) is 7.17. The lowest BCUT2D eigenvalue weighted by Gasteiger charge is -2.34. The lowest BCUT2D eigenvalue weighted by Crippen LogP contribution is -2.47. The Bertz CT molecular complexity index is 2040. The summed E-state index contributed by atoms with van der Waals surface area (Å²) in [5.74, 6) is 2.24. The second-order valence-corrected chi connectivity index (χ2v) is 13.0. The number of carbonyl (C=O) groups excluding carboxylic acids is 2. The van der Waals surface area contributed by atoms with Crippen LogP contribution in [0.5, 0.6) is 17.2 Å². The van der Waals surface area contributed by atoms with E-state index in [2.05, 4.69) is 5.32 Å². The number of fused-ring (bicyclic) bond motifs is 3. The Morgan fingerprint density at radius 1 is 1.04 bits per heavy atom. The molecule has 0 spiro atoms. The number of hydrogen-bond donors (Lipinski definition) is 2. The number of anilines is 2. The lowest BCUT2D eigenvalue weighted by molar-refractivity contribution is -0.121. The molecule has 3 amide bonds. The number of pyridine rings is 2. The standard InChI is InChI=1S/C37H40N6O9/c1-40(36(46)47)17-18-50-27-10-5-24-6-14-33(44)41(29(24)20-27)16-15-38-25-7-11-28-31(19-25)52-37(48)43(28)32-13-12-30-35(39-32)42(34(45)22-51-30)21-23-3-8-26(49-2)9-4-23/h3-6,8-10,12-14,20,25,28,31,38H,7,11,15-19,21-22H2,1-2H3,(H,46,47)/t25-,28-,31-/m1/s1. The van der Waals surface area contributed by atoms with E-state index >= 15 is 0 Å². The molecule has 3 atom stereocenters. The van der Waals surface area contributed by atoms with Gasteiger partial charge in [-0.1, -0.05) is 12.1 Å². The molecule has 52 heavy (non-hydrogen) atoms. The second-order valence-electron chi connectivity index (χ2n) is 13.0. The molecule has 1 saturated heterocycles. The SMILES string of the molecule is COc1ccc(CN2C(=O)COc3ccc(N4C(=O)O[C@@H]5C[C@H](NCCn6c(=O)ccc7ccc(OCCN(C)C(=O)O)cc76)CC[C@H]54)nc32)cc1. The molecule has 0 radical (unpaired) electrons. The van der Waals surface area contributed by atoms with Crippen molar-refractivity contribution >= 4 is 40.6 Å². The van der Waals surface area contributed by atoms with Gasteiger partial charge in [-0.05, 0) is 66.3 Å². The molecule has 2 N–H and O–H groups in total. The van der Waals surface area contributed by atoms with Gasteiger partial charge in [-0.3, -0.25) is 19.4 Å². The van der Waals surface area contributed by atoms with Gasteiger partial charge in [0.1, 0.15) is 30.0 Å². The Hall–Kier alpha value is -5.83. The molecule has 7 rings (SSSR count). The summed E-state index contributed by atoms with van der Waals surface area (Å²) in [6.07, 6.45) is 0.167. The zero-order valence-corrected chi connectivity index (χ0v) is 28.9. The average molecular weight is 713 g/mol. The zero-order chi connectivity index (χ0) is 36.4. The molecule has 15 nitrogen and oxygen atoms in total. The highest BCUT2D eigenvalue weighted by molar-refractivity contribution is 5.97. The van der Waals surface area contributed by atoms with Crippen molar-refractivity contribution in [2.75, 3.05) is 50.3 Å². The zero-order valence-electron chi connectivity index (χ0n) is 28.9. The summed E-state index contributed by atoms with van der Waals surface area (Å²) < 4.78 is 24.3. The van der Waals surface area contributed by atoms with Crippen molar-refractivity contribution in [1.29, 1.82) is 0 Å². The van der Waals surface area contributed by atoms with Gasteiger partial charge in [0.25, 0.3) is 11.5 Å². The molecule has 4 heterocycles. The van der Waals surface area contributed by atoms with Gasteiger partial charge in [-0.2, -0.15) is 0 Å². The quantitative estimate of drug-likeness (QED) is 0.219. The number of hydrogen-bond acceptors (Lipinski definition) is 10. The van der Waals surface area contributed by atoms with Gasteiger partial charge < -0.3 is 38.8 Å². The van der Waals surface area contributed by atoms with Crippen molar-refractivity contribution in [2.24, 2.45) is 0 Å². The fourth-order valence-corrected chi connectivity index (χ4v) is 6.95. The molecule has 2 aliphatic heterocycles. The van der Waals surface area contributed by atoms with Crippen LogP contribution in [0.1, 0.15) is 24.8 Å². The van der Waals surface area contributed by atoms with E-state index in [0.29, 0.717) is 54.8 Å². The molecule has 1 saturated carbocycles. The van der Waals surface area contributed by atoms with Gasteiger partial charge in [-0.15, -0.1) is 0 Å². The van der Waals surface area contributed by atoms with E-state index in [1.54, 1.807) is 51.8 Å². The Morgan fingerprint density at radius 2 is 1.83 bits per heavy atom. The van der Waals surface area contributed by atoms with Crippen molar-refractivity contribution in [3.05, 3.63) is 82.6 Å². The molecule has 2 aromatic carbocycles. The summed E-state index contributed by atoms with van der Waals surface area (Å²) in [6.45, 7) is 1.49. The van der Waals surface area contributed by atoms with Crippen LogP contribution >= 0.6 is 0 Å². The number of carbonyl (C=O) groups is 3. The van der Waals surface area contributed by atoms with Gasteiger partial charge in [-0.25, -0.2) is 14.6 Å². The van der Waals surface area contributed by atoms with Gasteiger partial charge in [0.2, 0.25) is 0 Å². The summed E-state index contributed by atoms with van der Waals surface area (Å²) in [7, 11) is 3.07. The molecule has 272 valence electrons. The molecular formula is C37H40N6O9. The number of ether oxygens (including phenoxy) is 4. The van der Waals surface area contributed by atoms with Crippen LogP contribution in [-0.4, -0.2) is 96.3 Å². The third-order valence-electron chi connectivity index (χ3n) is 9.77. The number of aromatic nitrogens is 2. The number of rotatable bonds is 12. The summed E-state index contributed by atoms with van der Waals surface area (Å²) in [6, 6.07) is 19.5. The molecule has 0 unspecified atom stereocenters. The predicted octanol–water partition coefficient (Wildman–Crippen LogP) is 3.86. The number of carboxylic acid groups (broad SMARTS) is 1. The van der Waals surface area contributed by atoms with Crippen molar-refractivity contribution in [1.82, 2.24) is 19.8 Å². The van der Waals surface area contributed by atoms with E-state index in [4.69, 9.17) is 29.0 Å². The minimum Gasteiger partial charge on any atom is -0.497 e. The molecule has 2 aromatic heterocycles. The van der Waals surface area contributed by atoms with Crippen molar-refractivity contribution in [3.8, 4) is 17.2 Å². The van der Waals surface area contributed by atoms with E-state index in [9.17, 15) is 19.2 Å². The first-order valence-electron chi connectivity index (χ1n) is 17.2. The monoisotopic (exact) mass is 712 g/mol. The normalized spacial score (nSPS) is 19.5. The number of methoxy groups -OCH3 is 1. The van der Waals surface area contributed by atoms with E-state index in [1.807, 2.05) is 30.3 Å². The Labute approximate surface area is 299 Å². The van der Waals surface area contributed by atoms with E-state index in [0.717, 1.165) is 27.8 Å². The van der Waals surface area contributed by atoms with Crippen LogP contribution in [0.3, 0.4) is 0 Å². The maximum atomic E-state index is 13.3. The van der Waals surface area contributed by atoms with E-state index in [-0.39, 0.29) is 56.0 Å². The largest absolute Gasteiger partial charge is 0.497 e. The van der Waals surface area contributed by atoms with Crippen LogP contribution in [0.25, 0.3) is 10.9 Å². The first-order chi connectivity index (χ1) is 25.2. The number of benzene rings is 2. The van der Waals surface area contributed by atoms with Gasteiger partial charge >= 0.3 is 12.2 Å². The van der Waals surface area contributed by atoms with Crippen LogP contribution in [0, 0.1) is 0 Å². The van der Waals surface area contributed by atoms with Gasteiger partial charge in [0, 0.05) is 44.7 Å². The first kappa shape index (κ1) is 34.6. The fourth-order valence-electron chi connectivity index (χ4n) is 6.95. The summed E-state index contributed by atoms with van der Waals surface area (Å²) in [4.78, 5) is 59.3. The minimum atomic E-state index is -1.03. The predicted molar refractivity (Wildman–Crippen MR) is 190 cm³/mol. The van der Waals surface area contributed by atoms with E-state index in [1.165, 1.54) is 13.1 Å². The van der Waals surface area contributed by atoms with Crippen LogP contribution in [-0.2, 0) is 22.6 Å². The van der Waals surface area contributed by atoms with Gasteiger partial charge in [0.15, 0.2) is 18.2 Å². The molecular weight excluding hydrogens is 672 g/mol. The van der Waals surface area contributed by atoms with Crippen molar-refractivity contribution in [2.45, 2.75) is 50.5 Å². The minimum absolute atomic E-state index is 0.0623. The summed E-state index contributed by atoms with van der Waals surface area (Å²) >= 11 is 0. The number of amides is 3. The topological polar surface area (TPSA) is 165 Å². The highest BCUT2D eigenvalue weighted by Gasteiger charge is 2.47. The van der Waals surface area contributed by atoms with Crippen LogP contribution in [0.4, 0.5) is 21.2 Å². The summed E-state index contributed by atoms with van der Waals surface area (Å²) in [5, 5.41) is 13.5. The smallest absolute Gasteiger partial charge is 0.416 e. The van der Waals surface area contributed by atoms with Crippen molar-refractivity contribution in [3.63, 3.8) is 0 Å². The Kier molecular flexibility index (Phi) is 9.85. The number of nitrogens with zero attached hydrogens (tertiary/aromatic N) is 5. The summed E-state index contributed by atoms with van der Waals surface area (Å²) in [5.41, 5.74) is 1.46. The maximum absolute atomic E-state index is 13.3. The third-order valence-corrected chi connectivity index (χ3v) is 9.77. The number of nitrogens with one attached hydrogen (secondary N) is 1. The second kappa shape index (κ2) is 14.8. The molecule has 2 fully saturated rings. The first-order valence-corrected chi connectivity index (χ1v) is 17.2. The highest BCUT2D eigenvalue weighted by Crippen LogP contribution is 2.39. The lowest BCUT2D eigenvalue weighted by atomic mass is 9.88. The maximum Gasteiger partial charge on any atom is 0.416 e. The molecule has 3 aliphatic rings. The van der Waals surface area contributed by atoms with E-state index < -0.39 is 12.2 Å². The molecule has 1 aliphatic carbocycles. The average Bonchev–Trinajstić information content (AvgIpc) is 3.48. The number of likely N-dealkylation sites (N-methyl/N-ethyl adjacent to an activating group) is 1.